The first-order chi connectivity index (χ1) is 13.7. The van der Waals surface area contributed by atoms with Crippen molar-refractivity contribution < 1.29 is 31.1 Å². The highest BCUT2D eigenvalue weighted by atomic mass is 32.2. The van der Waals surface area contributed by atoms with Crippen molar-refractivity contribution in [2.45, 2.75) is 23.9 Å². The van der Waals surface area contributed by atoms with Gasteiger partial charge in [-0.25, -0.2) is 13.4 Å². The van der Waals surface area contributed by atoms with Crippen molar-refractivity contribution in [3.8, 4) is 11.6 Å². The maximum Gasteiger partial charge on any atom is 0.421 e. The van der Waals surface area contributed by atoms with Gasteiger partial charge in [0.2, 0.25) is 15.9 Å². The van der Waals surface area contributed by atoms with Crippen molar-refractivity contribution in [2.75, 3.05) is 26.8 Å². The number of rotatable bonds is 6. The van der Waals surface area contributed by atoms with Gasteiger partial charge >= 0.3 is 6.18 Å². The lowest BCUT2D eigenvalue weighted by atomic mass is 10.0. The van der Waals surface area contributed by atoms with E-state index in [1.807, 2.05) is 0 Å². The van der Waals surface area contributed by atoms with Gasteiger partial charge in [-0.15, -0.1) is 0 Å². The normalized spacial score (nSPS) is 18.4. The molecule has 3 rings (SSSR count). The first-order valence-electron chi connectivity index (χ1n) is 9.01. The molecule has 2 aromatic rings. The van der Waals surface area contributed by atoms with Crippen LogP contribution >= 0.6 is 0 Å². The van der Waals surface area contributed by atoms with Crippen molar-refractivity contribution in [1.82, 2.24) is 9.29 Å². The highest BCUT2D eigenvalue weighted by molar-refractivity contribution is 7.89. The number of aromatic nitrogens is 1. The first kappa shape index (κ1) is 21.4. The van der Waals surface area contributed by atoms with Crippen LogP contribution in [0.3, 0.4) is 0 Å². The number of methoxy groups -OCH3 is 1. The molecule has 29 heavy (non-hydrogen) atoms. The van der Waals surface area contributed by atoms with Crippen LogP contribution in [0.4, 0.5) is 13.2 Å². The predicted molar refractivity (Wildman–Crippen MR) is 99.2 cm³/mol. The number of alkyl halides is 3. The van der Waals surface area contributed by atoms with Gasteiger partial charge in [-0.1, -0.05) is 12.1 Å². The molecule has 158 valence electrons. The lowest BCUT2D eigenvalue weighted by Gasteiger charge is -2.32. The maximum atomic E-state index is 13.1. The van der Waals surface area contributed by atoms with E-state index in [0.717, 1.165) is 6.07 Å². The van der Waals surface area contributed by atoms with Crippen LogP contribution in [0.25, 0.3) is 0 Å². The van der Waals surface area contributed by atoms with E-state index in [2.05, 4.69) is 4.98 Å². The molecule has 0 aliphatic carbocycles. The summed E-state index contributed by atoms with van der Waals surface area (Å²) in [4.78, 5) is 3.74. The molecule has 1 aliphatic heterocycles. The highest BCUT2D eigenvalue weighted by Crippen LogP contribution is 2.35. The Bertz CT molecular complexity index is 950. The third kappa shape index (κ3) is 4.81. The fourth-order valence-corrected chi connectivity index (χ4v) is 4.98. The van der Waals surface area contributed by atoms with Gasteiger partial charge in [-0.2, -0.15) is 17.5 Å². The van der Waals surface area contributed by atoms with E-state index in [4.69, 9.17) is 9.47 Å². The number of para-hydroxylation sites is 1. The zero-order valence-electron chi connectivity index (χ0n) is 15.7. The maximum absolute atomic E-state index is 13.1. The van der Waals surface area contributed by atoms with Crippen LogP contribution in [0.2, 0.25) is 0 Å². The summed E-state index contributed by atoms with van der Waals surface area (Å²) in [6.07, 6.45) is -2.12. The topological polar surface area (TPSA) is 68.7 Å². The fraction of sp³-hybridized carbons (Fsp3) is 0.421. The smallest absolute Gasteiger partial charge is 0.421 e. The molecular weight excluding hydrogens is 409 g/mol. The Morgan fingerprint density at radius 3 is 2.69 bits per heavy atom. The minimum absolute atomic E-state index is 0.0575. The van der Waals surface area contributed by atoms with Crippen LogP contribution in [-0.2, 0) is 16.2 Å². The summed E-state index contributed by atoms with van der Waals surface area (Å²) < 4.78 is 77.1. The molecule has 1 aromatic heterocycles. The Hall–Kier alpha value is -2.33. The van der Waals surface area contributed by atoms with Gasteiger partial charge in [0.25, 0.3) is 0 Å². The molecule has 6 nitrogen and oxygen atoms in total. The number of sulfonamides is 1. The Morgan fingerprint density at radius 1 is 1.21 bits per heavy atom. The van der Waals surface area contributed by atoms with Crippen LogP contribution in [0, 0.1) is 5.92 Å². The van der Waals surface area contributed by atoms with Crippen LogP contribution in [0.1, 0.15) is 18.4 Å². The summed E-state index contributed by atoms with van der Waals surface area (Å²) in [5.74, 6) is -0.504. The average molecular weight is 430 g/mol. The molecule has 1 aliphatic rings. The summed E-state index contributed by atoms with van der Waals surface area (Å²) in [5, 5.41) is 0. The Labute approximate surface area is 167 Å². The van der Waals surface area contributed by atoms with E-state index >= 15 is 0 Å². The number of halogens is 3. The lowest BCUT2D eigenvalue weighted by Crippen LogP contribution is -2.41. The number of hydrogen-bond acceptors (Lipinski definition) is 5. The second kappa shape index (κ2) is 8.58. The molecule has 0 saturated carbocycles. The summed E-state index contributed by atoms with van der Waals surface area (Å²) >= 11 is 0. The zero-order valence-corrected chi connectivity index (χ0v) is 16.5. The Balaban J connectivity index is 1.72. The zero-order chi connectivity index (χ0) is 21.1. The SMILES string of the molecule is COc1ccccc1S(=O)(=O)N1CCCC(COc2ncccc2C(F)(F)F)C1. The van der Waals surface area contributed by atoms with Crippen molar-refractivity contribution >= 4 is 10.0 Å². The second-order valence-electron chi connectivity index (χ2n) is 6.69. The number of nitrogens with zero attached hydrogens (tertiary/aromatic N) is 2. The Kier molecular flexibility index (Phi) is 6.33. The van der Waals surface area contributed by atoms with Crippen molar-refractivity contribution in [2.24, 2.45) is 5.92 Å². The van der Waals surface area contributed by atoms with Gasteiger partial charge < -0.3 is 9.47 Å². The van der Waals surface area contributed by atoms with Gasteiger partial charge in [0, 0.05) is 25.2 Å². The average Bonchev–Trinajstić information content (AvgIpc) is 2.72. The van der Waals surface area contributed by atoms with Crippen LogP contribution < -0.4 is 9.47 Å². The number of hydrogen-bond donors (Lipinski definition) is 0. The summed E-state index contributed by atoms with van der Waals surface area (Å²) in [5.41, 5.74) is -0.950. The molecule has 0 spiro atoms. The quantitative estimate of drug-likeness (QED) is 0.701. The molecule has 1 fully saturated rings. The molecule has 0 bridgehead atoms. The molecule has 10 heteroatoms. The van der Waals surface area contributed by atoms with E-state index in [1.165, 1.54) is 29.7 Å². The molecule has 1 atom stereocenters. The van der Waals surface area contributed by atoms with E-state index in [0.29, 0.717) is 19.4 Å². The lowest BCUT2D eigenvalue weighted by molar-refractivity contribution is -0.139. The Morgan fingerprint density at radius 2 is 1.97 bits per heavy atom. The number of benzene rings is 1. The second-order valence-corrected chi connectivity index (χ2v) is 8.59. The molecule has 2 heterocycles. The summed E-state index contributed by atoms with van der Waals surface area (Å²) in [6, 6.07) is 8.42. The molecule has 1 saturated heterocycles. The van der Waals surface area contributed by atoms with Crippen LogP contribution in [-0.4, -0.2) is 44.5 Å². The molecular formula is C19H21F3N2O4S. The number of piperidine rings is 1. The third-order valence-electron chi connectivity index (χ3n) is 4.70. The van der Waals surface area contributed by atoms with Gasteiger partial charge in [0.15, 0.2) is 0 Å². The molecule has 0 radical (unpaired) electrons. The highest BCUT2D eigenvalue weighted by Gasteiger charge is 2.36. The number of ether oxygens (including phenoxy) is 2. The summed E-state index contributed by atoms with van der Waals surface area (Å²) in [6.45, 7) is 0.418. The molecule has 1 unspecified atom stereocenters. The molecule has 0 amide bonds. The van der Waals surface area contributed by atoms with Crippen molar-refractivity contribution in [3.05, 3.63) is 48.2 Å². The van der Waals surface area contributed by atoms with Crippen molar-refractivity contribution in [3.63, 3.8) is 0 Å². The van der Waals surface area contributed by atoms with Gasteiger partial charge in [-0.3, -0.25) is 0 Å². The largest absolute Gasteiger partial charge is 0.495 e. The predicted octanol–water partition coefficient (Wildman–Crippen LogP) is 3.59. The van der Waals surface area contributed by atoms with Crippen molar-refractivity contribution in [1.29, 1.82) is 0 Å². The molecule has 0 N–H and O–H groups in total. The van der Waals surface area contributed by atoms with Crippen LogP contribution in [0.15, 0.2) is 47.5 Å². The van der Waals surface area contributed by atoms with Gasteiger partial charge in [-0.05, 0) is 37.1 Å². The van der Waals surface area contributed by atoms with Crippen LogP contribution in [0.5, 0.6) is 11.6 Å². The van der Waals surface area contributed by atoms with E-state index in [9.17, 15) is 21.6 Å². The minimum Gasteiger partial charge on any atom is -0.495 e. The summed E-state index contributed by atoms with van der Waals surface area (Å²) in [7, 11) is -2.40. The monoisotopic (exact) mass is 430 g/mol. The standard InChI is InChI=1S/C19H21F3N2O4S/c1-27-16-8-2-3-9-17(16)29(25,26)24-11-5-6-14(12-24)13-28-18-15(19(20,21)22)7-4-10-23-18/h2-4,7-10,14H,5-6,11-13H2,1H3. The molecule has 1 aromatic carbocycles. The van der Waals surface area contributed by atoms with E-state index in [1.54, 1.807) is 18.2 Å². The van der Waals surface area contributed by atoms with Gasteiger partial charge in [0.1, 0.15) is 16.2 Å². The first-order valence-corrected chi connectivity index (χ1v) is 10.5. The fourth-order valence-electron chi connectivity index (χ4n) is 3.27. The van der Waals surface area contributed by atoms with Gasteiger partial charge in [0.05, 0.1) is 13.7 Å². The van der Waals surface area contributed by atoms with E-state index in [-0.39, 0.29) is 29.7 Å². The third-order valence-corrected chi connectivity index (χ3v) is 6.61. The van der Waals surface area contributed by atoms with E-state index < -0.39 is 27.6 Å². The number of pyridine rings is 1. The minimum atomic E-state index is -4.57.